The highest BCUT2D eigenvalue weighted by Crippen LogP contribution is 2.30. The Bertz CT molecular complexity index is 648. The van der Waals surface area contributed by atoms with Gasteiger partial charge in [0.15, 0.2) is 12.0 Å². The van der Waals surface area contributed by atoms with Gasteiger partial charge in [-0.2, -0.15) is 0 Å². The van der Waals surface area contributed by atoms with Gasteiger partial charge in [-0.15, -0.1) is 0 Å². The lowest BCUT2D eigenvalue weighted by molar-refractivity contribution is 0.0595. The minimum Gasteiger partial charge on any atom is -0.465 e. The lowest BCUT2D eigenvalue weighted by atomic mass is 10.1. The number of halogens is 2. The van der Waals surface area contributed by atoms with Crippen LogP contribution in [0, 0.1) is 5.82 Å². The van der Waals surface area contributed by atoms with Crippen molar-refractivity contribution in [1.82, 2.24) is 0 Å². The fraction of sp³-hybridized carbons (Fsp3) is 0.0769. The van der Waals surface area contributed by atoms with Crippen LogP contribution in [0.25, 0.3) is 11.3 Å². The van der Waals surface area contributed by atoms with Gasteiger partial charge in [-0.05, 0) is 24.3 Å². The molecule has 1 aromatic heterocycles. The Morgan fingerprint density at radius 3 is 2.74 bits per heavy atom. The predicted molar refractivity (Wildman–Crippen MR) is 68.5 cm³/mol. The van der Waals surface area contributed by atoms with E-state index < -0.39 is 11.8 Å². The van der Waals surface area contributed by atoms with Crippen molar-refractivity contribution in [2.45, 2.75) is 0 Å². The maximum Gasteiger partial charge on any atom is 0.340 e. The van der Waals surface area contributed by atoms with Crippen LogP contribution in [-0.4, -0.2) is 19.4 Å². The molecule has 0 amide bonds. The van der Waals surface area contributed by atoms with Gasteiger partial charge in [-0.3, -0.25) is 4.79 Å². The molecule has 4 nitrogen and oxygen atoms in total. The van der Waals surface area contributed by atoms with Crippen molar-refractivity contribution in [3.63, 3.8) is 0 Å². The molecule has 0 radical (unpaired) electrons. The first-order valence-electron chi connectivity index (χ1n) is 5.19. The Morgan fingerprint density at radius 2 is 2.16 bits per heavy atom. The number of carbonyl (C=O) groups excluding carboxylic acids is 2. The fourth-order valence-electron chi connectivity index (χ4n) is 1.59. The highest BCUT2D eigenvalue weighted by Gasteiger charge is 2.19. The molecule has 0 N–H and O–H groups in total. The summed E-state index contributed by atoms with van der Waals surface area (Å²) in [5, 5.41) is 0. The number of carbonyl (C=O) groups is 2. The molecule has 0 unspecified atom stereocenters. The molecule has 19 heavy (non-hydrogen) atoms. The molecule has 98 valence electrons. The summed E-state index contributed by atoms with van der Waals surface area (Å²) in [7, 11) is 1.17. The van der Waals surface area contributed by atoms with Gasteiger partial charge in [-0.25, -0.2) is 9.18 Å². The van der Waals surface area contributed by atoms with Crippen LogP contribution in [0.4, 0.5) is 4.39 Å². The minimum absolute atomic E-state index is 0.0721. The molecule has 0 aliphatic rings. The van der Waals surface area contributed by atoms with Crippen LogP contribution in [0.3, 0.4) is 0 Å². The van der Waals surface area contributed by atoms with Crippen molar-refractivity contribution in [2.24, 2.45) is 0 Å². The number of hydrogen-bond acceptors (Lipinski definition) is 4. The zero-order chi connectivity index (χ0) is 14.0. The lowest BCUT2D eigenvalue weighted by Gasteiger charge is -2.06. The Hall–Kier alpha value is -1.95. The molecule has 6 heteroatoms. The van der Waals surface area contributed by atoms with Crippen LogP contribution >= 0.6 is 15.9 Å². The summed E-state index contributed by atoms with van der Waals surface area (Å²) in [6.07, 6.45) is 0.514. The SMILES string of the molecule is COC(=O)c1cc(Br)cc(-c2ccc(C=O)o2)c1F. The summed E-state index contributed by atoms with van der Waals surface area (Å²) in [6.45, 7) is 0. The third kappa shape index (κ3) is 2.58. The zero-order valence-corrected chi connectivity index (χ0v) is 11.4. The van der Waals surface area contributed by atoms with Crippen molar-refractivity contribution in [2.75, 3.05) is 7.11 Å². The maximum atomic E-state index is 14.2. The van der Waals surface area contributed by atoms with Gasteiger partial charge >= 0.3 is 5.97 Å². The molecule has 1 aromatic carbocycles. The third-order valence-corrected chi connectivity index (χ3v) is 2.91. The van der Waals surface area contributed by atoms with E-state index in [-0.39, 0.29) is 22.6 Å². The van der Waals surface area contributed by atoms with E-state index in [4.69, 9.17) is 4.42 Å². The molecule has 0 spiro atoms. The van der Waals surface area contributed by atoms with Crippen LogP contribution in [0.2, 0.25) is 0 Å². The second-order valence-corrected chi connectivity index (χ2v) is 4.54. The van der Waals surface area contributed by atoms with E-state index in [1.54, 1.807) is 0 Å². The summed E-state index contributed by atoms with van der Waals surface area (Å²) >= 11 is 3.18. The van der Waals surface area contributed by atoms with Gasteiger partial charge in [0.05, 0.1) is 18.2 Å². The van der Waals surface area contributed by atoms with E-state index >= 15 is 0 Å². The molecule has 0 aliphatic carbocycles. The van der Waals surface area contributed by atoms with Crippen molar-refractivity contribution in [1.29, 1.82) is 0 Å². The standard InChI is InChI=1S/C13H8BrFO4/c1-18-13(17)10-5-7(14)4-9(12(10)15)11-3-2-8(6-16)19-11/h2-6H,1H3. The van der Waals surface area contributed by atoms with Gasteiger partial charge in [0.2, 0.25) is 0 Å². The summed E-state index contributed by atoms with van der Waals surface area (Å²) < 4.78 is 24.4. The van der Waals surface area contributed by atoms with Crippen molar-refractivity contribution < 1.29 is 23.1 Å². The highest BCUT2D eigenvalue weighted by atomic mass is 79.9. The quantitative estimate of drug-likeness (QED) is 0.640. The second kappa shape index (κ2) is 5.36. The van der Waals surface area contributed by atoms with Crippen LogP contribution in [0.5, 0.6) is 0 Å². The Kier molecular flexibility index (Phi) is 3.80. The van der Waals surface area contributed by atoms with E-state index in [0.29, 0.717) is 10.8 Å². The van der Waals surface area contributed by atoms with Gasteiger partial charge in [0.25, 0.3) is 0 Å². The van der Waals surface area contributed by atoms with Crippen LogP contribution in [-0.2, 0) is 4.74 Å². The van der Waals surface area contributed by atoms with Crippen molar-refractivity contribution in [3.05, 3.63) is 45.9 Å². The lowest BCUT2D eigenvalue weighted by Crippen LogP contribution is -2.05. The van der Waals surface area contributed by atoms with Crippen molar-refractivity contribution in [3.8, 4) is 11.3 Å². The topological polar surface area (TPSA) is 56.5 Å². The zero-order valence-electron chi connectivity index (χ0n) is 9.78. The van der Waals surface area contributed by atoms with E-state index in [0.717, 1.165) is 0 Å². The maximum absolute atomic E-state index is 14.2. The van der Waals surface area contributed by atoms with E-state index in [2.05, 4.69) is 20.7 Å². The normalized spacial score (nSPS) is 10.3. The Labute approximate surface area is 116 Å². The van der Waals surface area contributed by atoms with Gasteiger partial charge in [0.1, 0.15) is 11.6 Å². The largest absolute Gasteiger partial charge is 0.465 e. The van der Waals surface area contributed by atoms with Crippen molar-refractivity contribution >= 4 is 28.2 Å². The Balaban J connectivity index is 2.60. The smallest absolute Gasteiger partial charge is 0.340 e. The molecule has 0 fully saturated rings. The average molecular weight is 327 g/mol. The first-order valence-corrected chi connectivity index (χ1v) is 5.99. The Morgan fingerprint density at radius 1 is 1.42 bits per heavy atom. The number of furan rings is 1. The number of ether oxygens (including phenoxy) is 1. The first-order chi connectivity index (χ1) is 9.06. The third-order valence-electron chi connectivity index (χ3n) is 2.45. The number of hydrogen-bond donors (Lipinski definition) is 0. The molecule has 2 rings (SSSR count). The monoisotopic (exact) mass is 326 g/mol. The number of benzene rings is 1. The molecule has 0 bridgehead atoms. The fourth-order valence-corrected chi connectivity index (χ4v) is 2.05. The number of aldehydes is 1. The van der Waals surface area contributed by atoms with E-state index in [1.807, 2.05) is 0 Å². The van der Waals surface area contributed by atoms with Gasteiger partial charge < -0.3 is 9.15 Å². The number of esters is 1. The van der Waals surface area contributed by atoms with E-state index in [1.165, 1.54) is 31.4 Å². The molecule has 0 aliphatic heterocycles. The first kappa shape index (κ1) is 13.5. The molecule has 0 saturated heterocycles. The molecule has 0 atom stereocenters. The summed E-state index contributed by atoms with van der Waals surface area (Å²) in [6, 6.07) is 5.64. The molecule has 2 aromatic rings. The second-order valence-electron chi connectivity index (χ2n) is 3.63. The van der Waals surface area contributed by atoms with Crippen LogP contribution in [0.15, 0.2) is 33.2 Å². The molecular weight excluding hydrogens is 319 g/mol. The van der Waals surface area contributed by atoms with E-state index in [9.17, 15) is 14.0 Å². The van der Waals surface area contributed by atoms with Crippen LogP contribution in [0.1, 0.15) is 20.9 Å². The summed E-state index contributed by atoms with van der Waals surface area (Å²) in [5.74, 6) is -1.32. The summed E-state index contributed by atoms with van der Waals surface area (Å²) in [5.41, 5.74) is -0.140. The summed E-state index contributed by atoms with van der Waals surface area (Å²) in [4.78, 5) is 22.0. The average Bonchev–Trinajstić information content (AvgIpc) is 2.88. The van der Waals surface area contributed by atoms with Gasteiger partial charge in [0, 0.05) is 4.47 Å². The molecule has 0 saturated carbocycles. The number of rotatable bonds is 3. The van der Waals surface area contributed by atoms with Crippen LogP contribution < -0.4 is 0 Å². The highest BCUT2D eigenvalue weighted by molar-refractivity contribution is 9.10. The predicted octanol–water partition coefficient (Wildman–Crippen LogP) is 3.45. The molecular formula is C13H8BrFO4. The number of methoxy groups -OCH3 is 1. The molecule has 1 heterocycles. The van der Waals surface area contributed by atoms with Gasteiger partial charge in [-0.1, -0.05) is 15.9 Å². The minimum atomic E-state index is -0.790.